The predicted octanol–water partition coefficient (Wildman–Crippen LogP) is 1.15. The SMILES string of the molecule is Nc1nc(/C(C=O)=N/OC2C=CCCC2)ns1. The summed E-state index contributed by atoms with van der Waals surface area (Å²) in [5.74, 6) is 0.210. The number of hydrogen-bond donors (Lipinski definition) is 1. The monoisotopic (exact) mass is 252 g/mol. The van der Waals surface area contributed by atoms with Crippen molar-refractivity contribution in [3.63, 3.8) is 0 Å². The van der Waals surface area contributed by atoms with Crippen molar-refractivity contribution < 1.29 is 9.63 Å². The van der Waals surface area contributed by atoms with Crippen LogP contribution in [0.15, 0.2) is 17.3 Å². The third-order valence-corrected chi connectivity index (χ3v) is 2.82. The molecule has 1 aromatic heterocycles. The summed E-state index contributed by atoms with van der Waals surface area (Å²) in [7, 11) is 0. The van der Waals surface area contributed by atoms with Gasteiger partial charge in [0.15, 0.2) is 23.0 Å². The summed E-state index contributed by atoms with van der Waals surface area (Å²) in [6.45, 7) is 0. The number of carbonyl (C=O) groups excluding carboxylic acids is 1. The van der Waals surface area contributed by atoms with Gasteiger partial charge in [0, 0.05) is 11.5 Å². The summed E-state index contributed by atoms with van der Waals surface area (Å²) in [6.07, 6.45) is 7.51. The van der Waals surface area contributed by atoms with Crippen LogP contribution in [-0.2, 0) is 9.63 Å². The maximum atomic E-state index is 10.8. The van der Waals surface area contributed by atoms with Gasteiger partial charge in [-0.2, -0.15) is 9.36 Å². The summed E-state index contributed by atoms with van der Waals surface area (Å²) in [6, 6.07) is 0. The van der Waals surface area contributed by atoms with Gasteiger partial charge >= 0.3 is 0 Å². The molecule has 1 aliphatic carbocycles. The zero-order valence-corrected chi connectivity index (χ0v) is 9.89. The van der Waals surface area contributed by atoms with Crippen molar-refractivity contribution in [3.05, 3.63) is 18.0 Å². The number of rotatable bonds is 4. The molecule has 1 atom stereocenters. The standard InChI is InChI=1S/C10H12N4O2S/c11-10-12-9(14-17-10)8(6-15)13-16-7-4-2-1-3-5-7/h2,4,6-7H,1,3,5H2,(H2,11,12,14)/b13-8+. The van der Waals surface area contributed by atoms with Crippen LogP contribution in [0.3, 0.4) is 0 Å². The van der Waals surface area contributed by atoms with E-state index in [1.54, 1.807) is 0 Å². The summed E-state index contributed by atoms with van der Waals surface area (Å²) < 4.78 is 3.90. The average molecular weight is 252 g/mol. The van der Waals surface area contributed by atoms with Gasteiger partial charge in [-0.3, -0.25) is 4.79 Å². The van der Waals surface area contributed by atoms with E-state index < -0.39 is 0 Å². The van der Waals surface area contributed by atoms with Gasteiger partial charge in [0.25, 0.3) is 0 Å². The fraction of sp³-hybridized carbons (Fsp3) is 0.400. The van der Waals surface area contributed by atoms with E-state index >= 15 is 0 Å². The Bertz CT molecular complexity index is 455. The van der Waals surface area contributed by atoms with Crippen molar-refractivity contribution in [1.29, 1.82) is 0 Å². The average Bonchev–Trinajstić information content (AvgIpc) is 2.78. The molecule has 1 aromatic rings. The lowest BCUT2D eigenvalue weighted by Crippen LogP contribution is -2.12. The van der Waals surface area contributed by atoms with Crippen LogP contribution in [0, 0.1) is 0 Å². The summed E-state index contributed by atoms with van der Waals surface area (Å²) >= 11 is 1.02. The zero-order chi connectivity index (χ0) is 12.1. The molecule has 0 bridgehead atoms. The van der Waals surface area contributed by atoms with E-state index in [0.717, 1.165) is 30.8 Å². The van der Waals surface area contributed by atoms with Gasteiger partial charge < -0.3 is 10.6 Å². The zero-order valence-electron chi connectivity index (χ0n) is 9.07. The quantitative estimate of drug-likeness (QED) is 0.375. The predicted molar refractivity (Wildman–Crippen MR) is 64.8 cm³/mol. The molecule has 6 nitrogen and oxygen atoms in total. The van der Waals surface area contributed by atoms with Crippen LogP contribution in [0.1, 0.15) is 25.1 Å². The minimum atomic E-state index is -0.0744. The molecule has 0 spiro atoms. The molecule has 0 fully saturated rings. The largest absolute Gasteiger partial charge is 0.388 e. The van der Waals surface area contributed by atoms with Crippen LogP contribution in [-0.4, -0.2) is 27.5 Å². The van der Waals surface area contributed by atoms with Gasteiger partial charge in [0.05, 0.1) is 0 Å². The Morgan fingerprint density at radius 1 is 1.71 bits per heavy atom. The van der Waals surface area contributed by atoms with Crippen LogP contribution in [0.4, 0.5) is 5.13 Å². The van der Waals surface area contributed by atoms with E-state index in [1.807, 2.05) is 12.2 Å². The van der Waals surface area contributed by atoms with Crippen molar-refractivity contribution >= 4 is 28.7 Å². The van der Waals surface area contributed by atoms with Crippen molar-refractivity contribution in [2.24, 2.45) is 5.16 Å². The Hall–Kier alpha value is -1.76. The first-order valence-corrected chi connectivity index (χ1v) is 6.02. The number of nitrogen functional groups attached to an aromatic ring is 1. The van der Waals surface area contributed by atoms with Gasteiger partial charge in [-0.05, 0) is 25.3 Å². The molecule has 0 amide bonds. The Morgan fingerprint density at radius 3 is 3.18 bits per heavy atom. The first-order valence-electron chi connectivity index (χ1n) is 5.25. The Morgan fingerprint density at radius 2 is 2.59 bits per heavy atom. The van der Waals surface area contributed by atoms with Crippen molar-refractivity contribution in [3.8, 4) is 0 Å². The van der Waals surface area contributed by atoms with Crippen molar-refractivity contribution in [2.45, 2.75) is 25.4 Å². The number of nitrogens with zero attached hydrogens (tertiary/aromatic N) is 3. The van der Waals surface area contributed by atoms with E-state index in [9.17, 15) is 4.79 Å². The summed E-state index contributed by atoms with van der Waals surface area (Å²) in [5, 5.41) is 4.07. The Kier molecular flexibility index (Phi) is 3.81. The number of allylic oxidation sites excluding steroid dienone is 1. The van der Waals surface area contributed by atoms with Gasteiger partial charge in [-0.15, -0.1) is 0 Å². The van der Waals surface area contributed by atoms with Crippen LogP contribution in [0.25, 0.3) is 0 Å². The molecule has 0 saturated heterocycles. The highest BCUT2D eigenvalue weighted by Gasteiger charge is 2.13. The number of carbonyl (C=O) groups is 1. The molecule has 1 unspecified atom stereocenters. The molecule has 7 heteroatoms. The fourth-order valence-corrected chi connectivity index (χ4v) is 1.89. The highest BCUT2D eigenvalue weighted by atomic mass is 32.1. The van der Waals surface area contributed by atoms with Crippen molar-refractivity contribution in [1.82, 2.24) is 9.36 Å². The lowest BCUT2D eigenvalue weighted by Gasteiger charge is -2.13. The lowest BCUT2D eigenvalue weighted by atomic mass is 10.1. The van der Waals surface area contributed by atoms with Gasteiger partial charge in [-0.1, -0.05) is 11.2 Å². The van der Waals surface area contributed by atoms with E-state index in [1.165, 1.54) is 0 Å². The third kappa shape index (κ3) is 3.10. The van der Waals surface area contributed by atoms with Crippen LogP contribution < -0.4 is 5.73 Å². The van der Waals surface area contributed by atoms with Crippen LogP contribution in [0.5, 0.6) is 0 Å². The maximum Gasteiger partial charge on any atom is 0.200 e. The molecule has 0 aromatic carbocycles. The number of nitrogens with two attached hydrogens (primary N) is 1. The van der Waals surface area contributed by atoms with Crippen LogP contribution >= 0.6 is 11.5 Å². The number of anilines is 1. The molecule has 0 radical (unpaired) electrons. The topological polar surface area (TPSA) is 90.5 Å². The number of aldehydes is 1. The summed E-state index contributed by atoms with van der Waals surface area (Å²) in [5.41, 5.74) is 5.50. The summed E-state index contributed by atoms with van der Waals surface area (Å²) in [4.78, 5) is 20.0. The maximum absolute atomic E-state index is 10.8. The first kappa shape index (κ1) is 11.7. The van der Waals surface area contributed by atoms with E-state index in [2.05, 4.69) is 14.5 Å². The van der Waals surface area contributed by atoms with E-state index in [0.29, 0.717) is 11.4 Å². The third-order valence-electron chi connectivity index (χ3n) is 2.28. The van der Waals surface area contributed by atoms with Gasteiger partial charge in [0.2, 0.25) is 0 Å². The lowest BCUT2D eigenvalue weighted by molar-refractivity contribution is -0.102. The molecule has 2 N–H and O–H groups in total. The normalized spacial score (nSPS) is 20.2. The number of oxime groups is 1. The second kappa shape index (κ2) is 5.53. The molecule has 0 aliphatic heterocycles. The molecule has 2 rings (SSSR count). The number of hydrogen-bond acceptors (Lipinski definition) is 7. The highest BCUT2D eigenvalue weighted by Crippen LogP contribution is 2.14. The number of aromatic nitrogens is 2. The molecular formula is C10H12N4O2S. The second-order valence-electron chi connectivity index (χ2n) is 3.55. The minimum Gasteiger partial charge on any atom is -0.388 e. The highest BCUT2D eigenvalue weighted by molar-refractivity contribution is 7.09. The molecule has 90 valence electrons. The fourth-order valence-electron chi connectivity index (χ4n) is 1.45. The van der Waals surface area contributed by atoms with Gasteiger partial charge in [-0.25, -0.2) is 0 Å². The molecule has 17 heavy (non-hydrogen) atoms. The molecular weight excluding hydrogens is 240 g/mol. The first-order chi connectivity index (χ1) is 8.29. The minimum absolute atomic E-state index is 0.0666. The Labute approximate surface area is 102 Å². The van der Waals surface area contributed by atoms with Crippen LogP contribution in [0.2, 0.25) is 0 Å². The van der Waals surface area contributed by atoms with E-state index in [4.69, 9.17) is 10.6 Å². The smallest absolute Gasteiger partial charge is 0.200 e. The molecule has 0 saturated carbocycles. The molecule has 1 aliphatic rings. The second-order valence-corrected chi connectivity index (χ2v) is 4.34. The van der Waals surface area contributed by atoms with Gasteiger partial charge in [0.1, 0.15) is 6.10 Å². The Balaban J connectivity index is 2.05. The molecule has 1 heterocycles. The van der Waals surface area contributed by atoms with E-state index in [-0.39, 0.29) is 17.6 Å². The van der Waals surface area contributed by atoms with Crippen molar-refractivity contribution in [2.75, 3.05) is 5.73 Å².